The van der Waals surface area contributed by atoms with Crippen LogP contribution in [0.2, 0.25) is 0 Å². The van der Waals surface area contributed by atoms with Gasteiger partial charge in [0.05, 0.1) is 12.6 Å². The largest absolute Gasteiger partial charge is 0.348 e. The van der Waals surface area contributed by atoms with E-state index in [0.29, 0.717) is 0 Å². The van der Waals surface area contributed by atoms with Gasteiger partial charge in [-0.1, -0.05) is 67.6 Å². The number of hydrogen-bond acceptors (Lipinski definition) is 2. The van der Waals surface area contributed by atoms with Crippen LogP contribution in [0.15, 0.2) is 60.7 Å². The summed E-state index contributed by atoms with van der Waals surface area (Å²) < 4.78 is 0. The average molecular weight is 268 g/mol. The van der Waals surface area contributed by atoms with E-state index in [0.717, 1.165) is 5.56 Å². The van der Waals surface area contributed by atoms with Gasteiger partial charge in [-0.05, 0) is 11.1 Å². The van der Waals surface area contributed by atoms with E-state index >= 15 is 0 Å². The molecule has 0 heterocycles. The number of hydrogen-bond donors (Lipinski definition) is 2. The van der Waals surface area contributed by atoms with Crippen LogP contribution in [0.3, 0.4) is 0 Å². The van der Waals surface area contributed by atoms with Gasteiger partial charge in [-0.2, -0.15) is 0 Å². The minimum Gasteiger partial charge on any atom is -0.348 e. The molecule has 0 bridgehead atoms. The fraction of sp³-hybridized carbons (Fsp3) is 0.235. The van der Waals surface area contributed by atoms with Crippen molar-refractivity contribution in [3.8, 4) is 0 Å². The van der Waals surface area contributed by atoms with Crippen molar-refractivity contribution in [3.63, 3.8) is 0 Å². The summed E-state index contributed by atoms with van der Waals surface area (Å²) in [5.41, 5.74) is 7.71. The van der Waals surface area contributed by atoms with Crippen LogP contribution in [0.1, 0.15) is 30.0 Å². The Balaban J connectivity index is 2.29. The zero-order valence-electron chi connectivity index (χ0n) is 11.6. The molecule has 1 amide bonds. The molecule has 2 atom stereocenters. The summed E-state index contributed by atoms with van der Waals surface area (Å²) in [4.78, 5) is 11.7. The van der Waals surface area contributed by atoms with Crippen LogP contribution in [-0.2, 0) is 4.79 Å². The first kappa shape index (κ1) is 14.3. The molecule has 0 radical (unpaired) electrons. The van der Waals surface area contributed by atoms with Gasteiger partial charge >= 0.3 is 0 Å². The molecule has 2 aromatic carbocycles. The molecule has 104 valence electrons. The Morgan fingerprint density at radius 3 is 2.00 bits per heavy atom. The zero-order valence-corrected chi connectivity index (χ0v) is 11.6. The maximum atomic E-state index is 11.7. The van der Waals surface area contributed by atoms with Crippen molar-refractivity contribution in [2.24, 2.45) is 5.73 Å². The maximum Gasteiger partial charge on any atom is 0.234 e. The molecule has 0 saturated heterocycles. The van der Waals surface area contributed by atoms with Crippen molar-refractivity contribution in [1.29, 1.82) is 0 Å². The van der Waals surface area contributed by atoms with Gasteiger partial charge < -0.3 is 11.1 Å². The van der Waals surface area contributed by atoms with Gasteiger partial charge in [0.25, 0.3) is 0 Å². The smallest absolute Gasteiger partial charge is 0.234 e. The van der Waals surface area contributed by atoms with Gasteiger partial charge in [-0.25, -0.2) is 0 Å². The van der Waals surface area contributed by atoms with Crippen LogP contribution >= 0.6 is 0 Å². The van der Waals surface area contributed by atoms with Crippen molar-refractivity contribution >= 4 is 5.91 Å². The van der Waals surface area contributed by atoms with E-state index in [1.165, 1.54) is 5.56 Å². The molecule has 0 aliphatic rings. The standard InChI is InChI=1S/C17H20N2O/c1-13(14-8-4-2-5-9-14)17(19-16(20)12-18)15-10-6-3-7-11-15/h2-11,13,17H,12,18H2,1H3,(H,19,20). The summed E-state index contributed by atoms with van der Waals surface area (Å²) in [6.45, 7) is 2.12. The molecular weight excluding hydrogens is 248 g/mol. The van der Waals surface area contributed by atoms with Crippen LogP contribution in [0, 0.1) is 0 Å². The van der Waals surface area contributed by atoms with Gasteiger partial charge in [-0.3, -0.25) is 4.79 Å². The Hall–Kier alpha value is -2.13. The first-order chi connectivity index (χ1) is 9.72. The monoisotopic (exact) mass is 268 g/mol. The highest BCUT2D eigenvalue weighted by Gasteiger charge is 2.22. The number of nitrogens with one attached hydrogen (secondary N) is 1. The molecule has 0 aliphatic heterocycles. The van der Waals surface area contributed by atoms with Gasteiger partial charge in [0, 0.05) is 5.92 Å². The highest BCUT2D eigenvalue weighted by molar-refractivity contribution is 5.78. The summed E-state index contributed by atoms with van der Waals surface area (Å²) in [5, 5.41) is 3.02. The second kappa shape index (κ2) is 6.87. The number of carbonyl (C=O) groups excluding carboxylic acids is 1. The van der Waals surface area contributed by atoms with Crippen molar-refractivity contribution < 1.29 is 4.79 Å². The van der Waals surface area contributed by atoms with E-state index < -0.39 is 0 Å². The summed E-state index contributed by atoms with van der Waals surface area (Å²) in [6.07, 6.45) is 0. The second-order valence-electron chi connectivity index (χ2n) is 4.86. The summed E-state index contributed by atoms with van der Waals surface area (Å²) in [6, 6.07) is 20.1. The molecule has 2 unspecified atom stereocenters. The molecule has 0 saturated carbocycles. The van der Waals surface area contributed by atoms with Crippen molar-refractivity contribution in [2.75, 3.05) is 6.54 Å². The average Bonchev–Trinajstić information content (AvgIpc) is 2.53. The molecule has 2 aromatic rings. The molecule has 20 heavy (non-hydrogen) atoms. The Kier molecular flexibility index (Phi) is 4.91. The molecule has 3 nitrogen and oxygen atoms in total. The van der Waals surface area contributed by atoms with Gasteiger partial charge in [0.1, 0.15) is 0 Å². The quantitative estimate of drug-likeness (QED) is 0.875. The number of nitrogens with two attached hydrogens (primary N) is 1. The highest BCUT2D eigenvalue weighted by Crippen LogP contribution is 2.30. The Labute approximate surface area is 119 Å². The summed E-state index contributed by atoms with van der Waals surface area (Å²) >= 11 is 0. The zero-order chi connectivity index (χ0) is 14.4. The lowest BCUT2D eigenvalue weighted by Gasteiger charge is -2.26. The molecule has 0 fully saturated rings. The Bertz CT molecular complexity index is 539. The molecule has 2 rings (SSSR count). The third-order valence-electron chi connectivity index (χ3n) is 3.49. The Morgan fingerprint density at radius 1 is 1.00 bits per heavy atom. The van der Waals surface area contributed by atoms with Crippen LogP contribution in [0.5, 0.6) is 0 Å². The lowest BCUT2D eigenvalue weighted by Crippen LogP contribution is -2.36. The minimum atomic E-state index is -0.137. The first-order valence-electron chi connectivity index (χ1n) is 6.81. The molecule has 0 aromatic heterocycles. The van der Waals surface area contributed by atoms with Crippen LogP contribution in [0.25, 0.3) is 0 Å². The van der Waals surface area contributed by atoms with E-state index in [2.05, 4.69) is 24.4 Å². The van der Waals surface area contributed by atoms with Crippen molar-refractivity contribution in [3.05, 3.63) is 71.8 Å². The topological polar surface area (TPSA) is 55.1 Å². The number of amides is 1. The van der Waals surface area contributed by atoms with Crippen molar-refractivity contribution in [2.45, 2.75) is 18.9 Å². The lowest BCUT2D eigenvalue weighted by atomic mass is 9.88. The van der Waals surface area contributed by atoms with E-state index in [1.807, 2.05) is 48.5 Å². The highest BCUT2D eigenvalue weighted by atomic mass is 16.1. The molecule has 3 N–H and O–H groups in total. The number of carbonyl (C=O) groups is 1. The lowest BCUT2D eigenvalue weighted by molar-refractivity contribution is -0.120. The maximum absolute atomic E-state index is 11.7. The van der Waals surface area contributed by atoms with E-state index in [9.17, 15) is 4.79 Å². The third-order valence-corrected chi connectivity index (χ3v) is 3.49. The SMILES string of the molecule is CC(c1ccccc1)C(NC(=O)CN)c1ccccc1. The van der Waals surface area contributed by atoms with Gasteiger partial charge in [0.15, 0.2) is 0 Å². The predicted octanol–water partition coefficient (Wildman–Crippen LogP) is 2.61. The van der Waals surface area contributed by atoms with E-state index in [4.69, 9.17) is 5.73 Å². The van der Waals surface area contributed by atoms with Crippen LogP contribution in [0.4, 0.5) is 0 Å². The normalized spacial score (nSPS) is 13.5. The first-order valence-corrected chi connectivity index (χ1v) is 6.81. The van der Waals surface area contributed by atoms with E-state index in [-0.39, 0.29) is 24.4 Å². The van der Waals surface area contributed by atoms with Crippen LogP contribution < -0.4 is 11.1 Å². The molecule has 0 spiro atoms. The van der Waals surface area contributed by atoms with Gasteiger partial charge in [-0.15, -0.1) is 0 Å². The summed E-state index contributed by atoms with van der Waals surface area (Å²) in [7, 11) is 0. The number of benzene rings is 2. The predicted molar refractivity (Wildman–Crippen MR) is 81.2 cm³/mol. The Morgan fingerprint density at radius 2 is 1.50 bits per heavy atom. The van der Waals surface area contributed by atoms with Gasteiger partial charge in [0.2, 0.25) is 5.91 Å². The molecular formula is C17H20N2O. The third kappa shape index (κ3) is 3.45. The fourth-order valence-electron chi connectivity index (χ4n) is 2.34. The molecule has 0 aliphatic carbocycles. The number of rotatable bonds is 5. The fourth-order valence-corrected chi connectivity index (χ4v) is 2.34. The summed E-state index contributed by atoms with van der Waals surface area (Å²) in [5.74, 6) is 0.0377. The van der Waals surface area contributed by atoms with Crippen LogP contribution in [-0.4, -0.2) is 12.5 Å². The molecule has 3 heteroatoms. The van der Waals surface area contributed by atoms with Crippen molar-refractivity contribution in [1.82, 2.24) is 5.32 Å². The van der Waals surface area contributed by atoms with E-state index in [1.54, 1.807) is 0 Å². The second-order valence-corrected chi connectivity index (χ2v) is 4.86. The minimum absolute atomic E-state index is 0.00480.